The van der Waals surface area contributed by atoms with Crippen molar-refractivity contribution in [2.45, 2.75) is 13.5 Å². The molecule has 0 aliphatic heterocycles. The molecule has 0 aromatic heterocycles. The van der Waals surface area contributed by atoms with Crippen LogP contribution in [-0.2, 0) is 11.3 Å². The summed E-state index contributed by atoms with van der Waals surface area (Å²) in [5, 5.41) is 8.74. The largest absolute Gasteiger partial charge is 0.457 e. The zero-order valence-electron chi connectivity index (χ0n) is 11.4. The van der Waals surface area contributed by atoms with Crippen molar-refractivity contribution in [2.24, 2.45) is 0 Å². The quantitative estimate of drug-likeness (QED) is 0.694. The minimum absolute atomic E-state index is 0.0804. The maximum absolute atomic E-state index is 13.8. The zero-order chi connectivity index (χ0) is 15.4. The van der Waals surface area contributed by atoms with Gasteiger partial charge in [-0.2, -0.15) is 5.26 Å². The molecule has 0 aliphatic rings. The van der Waals surface area contributed by atoms with E-state index in [9.17, 15) is 9.18 Å². The zero-order valence-corrected chi connectivity index (χ0v) is 11.4. The van der Waals surface area contributed by atoms with Gasteiger partial charge in [0.2, 0.25) is 0 Å². The summed E-state index contributed by atoms with van der Waals surface area (Å²) in [7, 11) is 0. The van der Waals surface area contributed by atoms with E-state index >= 15 is 0 Å². The molecule has 0 saturated heterocycles. The first-order valence-corrected chi connectivity index (χ1v) is 6.23. The summed E-state index contributed by atoms with van der Waals surface area (Å²) in [6, 6.07) is 10.9. The first-order valence-electron chi connectivity index (χ1n) is 6.23. The van der Waals surface area contributed by atoms with Crippen LogP contribution < -0.4 is 5.73 Å². The van der Waals surface area contributed by atoms with Crippen molar-refractivity contribution in [1.82, 2.24) is 0 Å². The number of benzene rings is 2. The predicted octanol–water partition coefficient (Wildman–Crippen LogP) is 2.95. The maximum Gasteiger partial charge on any atom is 0.338 e. The molecule has 0 amide bonds. The van der Waals surface area contributed by atoms with Crippen molar-refractivity contribution >= 4 is 11.7 Å². The first-order chi connectivity index (χ1) is 10.0. The van der Waals surface area contributed by atoms with Gasteiger partial charge in [0.25, 0.3) is 0 Å². The van der Waals surface area contributed by atoms with Gasteiger partial charge in [-0.3, -0.25) is 0 Å². The van der Waals surface area contributed by atoms with Gasteiger partial charge in [-0.15, -0.1) is 0 Å². The Balaban J connectivity index is 2.11. The second-order valence-electron chi connectivity index (χ2n) is 4.54. The number of carbonyl (C=O) groups is 1. The number of nitrogens with two attached hydrogens (primary N) is 1. The third kappa shape index (κ3) is 3.18. The van der Waals surface area contributed by atoms with Crippen molar-refractivity contribution in [3.05, 3.63) is 64.5 Å². The number of aryl methyl sites for hydroxylation is 1. The van der Waals surface area contributed by atoms with Crippen LogP contribution in [0.5, 0.6) is 0 Å². The third-order valence-corrected chi connectivity index (χ3v) is 3.07. The molecule has 0 bridgehead atoms. The summed E-state index contributed by atoms with van der Waals surface area (Å²) >= 11 is 0. The van der Waals surface area contributed by atoms with Crippen LogP contribution in [0.2, 0.25) is 0 Å². The van der Waals surface area contributed by atoms with Crippen LogP contribution in [0.3, 0.4) is 0 Å². The van der Waals surface area contributed by atoms with E-state index in [4.69, 9.17) is 15.7 Å². The lowest BCUT2D eigenvalue weighted by Gasteiger charge is -2.08. The standard InChI is InChI=1S/C16H13FN2O2/c1-10-5-6-11(7-14(10)19)16(20)21-9-13-4-2-3-12(8-18)15(13)17/h2-7H,9,19H2,1H3. The third-order valence-electron chi connectivity index (χ3n) is 3.07. The first kappa shape index (κ1) is 14.5. The molecular formula is C16H13FN2O2. The second-order valence-corrected chi connectivity index (χ2v) is 4.54. The summed E-state index contributed by atoms with van der Waals surface area (Å²) in [5.74, 6) is -1.26. The molecular weight excluding hydrogens is 271 g/mol. The minimum atomic E-state index is -0.670. The van der Waals surface area contributed by atoms with E-state index in [1.165, 1.54) is 24.3 Å². The van der Waals surface area contributed by atoms with E-state index in [-0.39, 0.29) is 17.7 Å². The Morgan fingerprint density at radius 2 is 2.14 bits per heavy atom. The number of carbonyl (C=O) groups excluding carboxylic acids is 1. The number of halogens is 1. The average Bonchev–Trinajstić information content (AvgIpc) is 2.48. The highest BCUT2D eigenvalue weighted by Crippen LogP contribution is 2.16. The van der Waals surface area contributed by atoms with Crippen molar-refractivity contribution in [3.8, 4) is 6.07 Å². The van der Waals surface area contributed by atoms with Gasteiger partial charge in [0.15, 0.2) is 0 Å². The number of anilines is 1. The van der Waals surface area contributed by atoms with Crippen LogP contribution >= 0.6 is 0 Å². The predicted molar refractivity (Wildman–Crippen MR) is 75.8 cm³/mol. The fraction of sp³-hybridized carbons (Fsp3) is 0.125. The Labute approximate surface area is 121 Å². The molecule has 2 rings (SSSR count). The van der Waals surface area contributed by atoms with E-state index in [1.807, 2.05) is 6.92 Å². The fourth-order valence-electron chi connectivity index (χ4n) is 1.77. The summed E-state index contributed by atoms with van der Waals surface area (Å²) in [6.07, 6.45) is 0. The molecule has 0 saturated carbocycles. The maximum atomic E-state index is 13.8. The highest BCUT2D eigenvalue weighted by atomic mass is 19.1. The van der Waals surface area contributed by atoms with Gasteiger partial charge >= 0.3 is 5.97 Å². The summed E-state index contributed by atoms with van der Waals surface area (Å²) in [6.45, 7) is 1.58. The monoisotopic (exact) mass is 284 g/mol. The Morgan fingerprint density at radius 3 is 2.81 bits per heavy atom. The van der Waals surface area contributed by atoms with Crippen LogP contribution in [0, 0.1) is 24.1 Å². The summed E-state index contributed by atoms with van der Waals surface area (Å²) in [5.41, 5.74) is 7.45. The fourth-order valence-corrected chi connectivity index (χ4v) is 1.77. The van der Waals surface area contributed by atoms with Crippen molar-refractivity contribution in [3.63, 3.8) is 0 Å². The SMILES string of the molecule is Cc1ccc(C(=O)OCc2cccc(C#N)c2F)cc1N. The van der Waals surface area contributed by atoms with E-state index in [2.05, 4.69) is 0 Å². The molecule has 4 nitrogen and oxygen atoms in total. The van der Waals surface area contributed by atoms with Crippen molar-refractivity contribution in [1.29, 1.82) is 5.26 Å². The van der Waals surface area contributed by atoms with E-state index < -0.39 is 11.8 Å². The number of nitrogens with zero attached hydrogens (tertiary/aromatic N) is 1. The molecule has 0 unspecified atom stereocenters. The molecule has 106 valence electrons. The smallest absolute Gasteiger partial charge is 0.338 e. The molecule has 21 heavy (non-hydrogen) atoms. The topological polar surface area (TPSA) is 76.1 Å². The molecule has 2 N–H and O–H groups in total. The number of nitriles is 1. The number of hydrogen-bond donors (Lipinski definition) is 1. The second kappa shape index (κ2) is 6.06. The lowest BCUT2D eigenvalue weighted by atomic mass is 10.1. The minimum Gasteiger partial charge on any atom is -0.457 e. The Morgan fingerprint density at radius 1 is 1.38 bits per heavy atom. The van der Waals surface area contributed by atoms with E-state index in [0.29, 0.717) is 11.3 Å². The summed E-state index contributed by atoms with van der Waals surface area (Å²) < 4.78 is 18.9. The van der Waals surface area contributed by atoms with Gasteiger partial charge in [-0.25, -0.2) is 9.18 Å². The van der Waals surface area contributed by atoms with Crippen LogP contribution in [0.25, 0.3) is 0 Å². The highest BCUT2D eigenvalue weighted by Gasteiger charge is 2.12. The molecule has 0 heterocycles. The van der Waals surface area contributed by atoms with Crippen LogP contribution in [0.1, 0.15) is 27.0 Å². The number of rotatable bonds is 3. The molecule has 0 atom stereocenters. The van der Waals surface area contributed by atoms with Crippen LogP contribution in [0.4, 0.5) is 10.1 Å². The molecule has 0 fully saturated rings. The number of nitrogen functional groups attached to an aromatic ring is 1. The summed E-state index contributed by atoms with van der Waals surface area (Å²) in [4.78, 5) is 11.9. The molecule has 0 spiro atoms. The average molecular weight is 284 g/mol. The molecule has 0 radical (unpaired) electrons. The van der Waals surface area contributed by atoms with E-state index in [1.54, 1.807) is 18.2 Å². The lowest BCUT2D eigenvalue weighted by Crippen LogP contribution is -2.07. The van der Waals surface area contributed by atoms with Gasteiger partial charge in [-0.1, -0.05) is 18.2 Å². The molecule has 2 aromatic rings. The molecule has 0 aliphatic carbocycles. The lowest BCUT2D eigenvalue weighted by molar-refractivity contribution is 0.0469. The van der Waals surface area contributed by atoms with Gasteiger partial charge in [0.05, 0.1) is 11.1 Å². The highest BCUT2D eigenvalue weighted by molar-refractivity contribution is 5.90. The number of ether oxygens (including phenoxy) is 1. The van der Waals surface area contributed by atoms with E-state index in [0.717, 1.165) is 5.56 Å². The van der Waals surface area contributed by atoms with Gasteiger partial charge in [0.1, 0.15) is 18.5 Å². The Bertz CT molecular complexity index is 736. The normalized spacial score (nSPS) is 9.95. The van der Waals surface area contributed by atoms with Gasteiger partial charge < -0.3 is 10.5 Å². The van der Waals surface area contributed by atoms with Crippen LogP contribution in [0.15, 0.2) is 36.4 Å². The van der Waals surface area contributed by atoms with Gasteiger partial charge in [-0.05, 0) is 30.7 Å². The molecule has 5 heteroatoms. The number of esters is 1. The van der Waals surface area contributed by atoms with Gasteiger partial charge in [0, 0.05) is 11.3 Å². The van der Waals surface area contributed by atoms with Crippen molar-refractivity contribution < 1.29 is 13.9 Å². The van der Waals surface area contributed by atoms with Crippen LogP contribution in [-0.4, -0.2) is 5.97 Å². The molecule has 2 aromatic carbocycles. The number of hydrogen-bond acceptors (Lipinski definition) is 4. The Hall–Kier alpha value is -2.87. The van der Waals surface area contributed by atoms with Crippen molar-refractivity contribution in [2.75, 3.05) is 5.73 Å². The Kier molecular flexibility index (Phi) is 4.19.